The van der Waals surface area contributed by atoms with Crippen molar-refractivity contribution in [2.75, 3.05) is 33.4 Å². The fourth-order valence-electron chi connectivity index (χ4n) is 3.66. The van der Waals surface area contributed by atoms with Crippen LogP contribution < -0.4 is 10.1 Å². The van der Waals surface area contributed by atoms with Crippen molar-refractivity contribution in [3.8, 4) is 5.75 Å². The van der Waals surface area contributed by atoms with Crippen molar-refractivity contribution in [2.45, 2.75) is 38.3 Å². The maximum absolute atomic E-state index is 13.7. The van der Waals surface area contributed by atoms with Crippen molar-refractivity contribution in [2.24, 2.45) is 0 Å². The summed E-state index contributed by atoms with van der Waals surface area (Å²) in [6, 6.07) is 11.8. The summed E-state index contributed by atoms with van der Waals surface area (Å²) in [5.41, 5.74) is 0.847. The molecule has 1 heterocycles. The fourth-order valence-corrected chi connectivity index (χ4v) is 3.66. The van der Waals surface area contributed by atoms with Gasteiger partial charge in [0.2, 0.25) is 5.91 Å². The van der Waals surface area contributed by atoms with Crippen LogP contribution in [0.3, 0.4) is 0 Å². The zero-order valence-electron chi connectivity index (χ0n) is 17.9. The molecule has 2 aromatic carbocycles. The number of benzene rings is 2. The maximum atomic E-state index is 13.7. The van der Waals surface area contributed by atoms with Crippen LogP contribution >= 0.6 is 0 Å². The molecule has 5 nitrogen and oxygen atoms in total. The molecule has 0 radical (unpaired) electrons. The van der Waals surface area contributed by atoms with E-state index in [1.807, 2.05) is 24.3 Å². The number of hydrogen-bond acceptors (Lipinski definition) is 4. The summed E-state index contributed by atoms with van der Waals surface area (Å²) in [6.07, 6.45) is 2.14. The quantitative estimate of drug-likeness (QED) is 0.622. The number of carbonyl (C=O) groups excluding carboxylic acids is 1. The number of nitrogens with one attached hydrogen (secondary N) is 1. The van der Waals surface area contributed by atoms with Gasteiger partial charge in [0.1, 0.15) is 24.0 Å². The lowest BCUT2D eigenvalue weighted by Crippen LogP contribution is -2.38. The number of rotatable bonds is 10. The Morgan fingerprint density at radius 2 is 1.87 bits per heavy atom. The summed E-state index contributed by atoms with van der Waals surface area (Å²) in [7, 11) is 2.11. The lowest BCUT2D eigenvalue weighted by molar-refractivity contribution is -0.121. The van der Waals surface area contributed by atoms with Gasteiger partial charge in [-0.15, -0.1) is 0 Å². The fraction of sp³-hybridized carbons (Fsp3) is 0.458. The van der Waals surface area contributed by atoms with E-state index in [-0.39, 0.29) is 24.3 Å². The number of amides is 1. The van der Waals surface area contributed by atoms with Crippen LogP contribution in [0, 0.1) is 11.6 Å². The summed E-state index contributed by atoms with van der Waals surface area (Å²) in [6.45, 7) is 3.38. The summed E-state index contributed by atoms with van der Waals surface area (Å²) in [5, 5.41) is 2.79. The van der Waals surface area contributed by atoms with E-state index in [0.29, 0.717) is 19.2 Å². The molecule has 1 N–H and O–H groups in total. The molecule has 7 heteroatoms. The Morgan fingerprint density at radius 3 is 2.61 bits per heavy atom. The predicted molar refractivity (Wildman–Crippen MR) is 115 cm³/mol. The molecule has 0 bridgehead atoms. The van der Waals surface area contributed by atoms with Crippen molar-refractivity contribution < 1.29 is 23.0 Å². The molecule has 0 atom stereocenters. The van der Waals surface area contributed by atoms with Crippen LogP contribution in [-0.4, -0.2) is 50.3 Å². The highest BCUT2D eigenvalue weighted by molar-refractivity contribution is 5.76. The number of hydrogen-bond donors (Lipinski definition) is 1. The number of carbonyl (C=O) groups is 1. The van der Waals surface area contributed by atoms with Crippen LogP contribution in [0.1, 0.15) is 30.4 Å². The van der Waals surface area contributed by atoms with E-state index in [1.165, 1.54) is 18.2 Å². The lowest BCUT2D eigenvalue weighted by Gasteiger charge is -2.31. The van der Waals surface area contributed by atoms with Gasteiger partial charge in [-0.05, 0) is 56.1 Å². The molecule has 1 aliphatic heterocycles. The molecule has 0 aromatic heterocycles. The Balaban J connectivity index is 1.40. The highest BCUT2D eigenvalue weighted by atomic mass is 19.1. The molecule has 31 heavy (non-hydrogen) atoms. The molecule has 1 amide bonds. The standard InChI is InChI=1S/C24H30F2N2O3/c1-28(19-10-13-30-14-11-19)12-15-31-20-5-2-4-18(16-20)17-27-24(29)9-8-21-22(25)6-3-7-23(21)26/h2-7,16,19H,8-15,17H2,1H3,(H,27,29). The van der Waals surface area contributed by atoms with Crippen LogP contribution in [0.5, 0.6) is 5.75 Å². The van der Waals surface area contributed by atoms with Gasteiger partial charge < -0.3 is 14.8 Å². The van der Waals surface area contributed by atoms with Crippen LogP contribution in [0.15, 0.2) is 42.5 Å². The first-order chi connectivity index (χ1) is 15.0. The first-order valence-corrected chi connectivity index (χ1v) is 10.7. The van der Waals surface area contributed by atoms with Gasteiger partial charge in [-0.3, -0.25) is 9.69 Å². The molecule has 0 aliphatic carbocycles. The molecule has 168 valence electrons. The molecular formula is C24H30F2N2O3. The zero-order valence-corrected chi connectivity index (χ0v) is 17.9. The van der Waals surface area contributed by atoms with E-state index in [1.54, 1.807) is 0 Å². The van der Waals surface area contributed by atoms with Crippen LogP contribution in [0.2, 0.25) is 0 Å². The van der Waals surface area contributed by atoms with Gasteiger partial charge in [-0.1, -0.05) is 18.2 Å². The highest BCUT2D eigenvalue weighted by Crippen LogP contribution is 2.16. The second-order valence-electron chi connectivity index (χ2n) is 7.80. The largest absolute Gasteiger partial charge is 0.492 e. The third-order valence-corrected chi connectivity index (χ3v) is 5.58. The van der Waals surface area contributed by atoms with Gasteiger partial charge in [-0.2, -0.15) is 0 Å². The van der Waals surface area contributed by atoms with Crippen molar-refractivity contribution in [1.29, 1.82) is 0 Å². The van der Waals surface area contributed by atoms with Crippen LogP contribution in [0.25, 0.3) is 0 Å². The average molecular weight is 433 g/mol. The van der Waals surface area contributed by atoms with Gasteiger partial charge in [0.05, 0.1) is 0 Å². The summed E-state index contributed by atoms with van der Waals surface area (Å²) in [5.74, 6) is -0.757. The number of halogens is 2. The Morgan fingerprint density at radius 1 is 1.16 bits per heavy atom. The van der Waals surface area contributed by atoms with Crippen LogP contribution in [0.4, 0.5) is 8.78 Å². The highest BCUT2D eigenvalue weighted by Gasteiger charge is 2.18. The van der Waals surface area contributed by atoms with Gasteiger partial charge >= 0.3 is 0 Å². The number of nitrogens with zero attached hydrogens (tertiary/aromatic N) is 1. The third kappa shape index (κ3) is 7.29. The molecule has 0 spiro atoms. The van der Waals surface area contributed by atoms with Gasteiger partial charge in [-0.25, -0.2) is 8.78 Å². The molecule has 2 aromatic rings. The molecule has 0 unspecified atom stereocenters. The van der Waals surface area contributed by atoms with Gasteiger partial charge in [0, 0.05) is 44.3 Å². The first-order valence-electron chi connectivity index (χ1n) is 10.7. The van der Waals surface area contributed by atoms with Crippen molar-refractivity contribution in [3.05, 3.63) is 65.2 Å². The summed E-state index contributed by atoms with van der Waals surface area (Å²) < 4.78 is 38.6. The van der Waals surface area contributed by atoms with E-state index < -0.39 is 11.6 Å². The summed E-state index contributed by atoms with van der Waals surface area (Å²) >= 11 is 0. The summed E-state index contributed by atoms with van der Waals surface area (Å²) in [4.78, 5) is 14.4. The van der Waals surface area contributed by atoms with Crippen molar-refractivity contribution >= 4 is 5.91 Å². The Hall–Kier alpha value is -2.51. The lowest BCUT2D eigenvalue weighted by atomic mass is 10.1. The van der Waals surface area contributed by atoms with Crippen molar-refractivity contribution in [1.82, 2.24) is 10.2 Å². The average Bonchev–Trinajstić information content (AvgIpc) is 2.78. The minimum absolute atomic E-state index is 0.0204. The predicted octanol–water partition coefficient (Wildman–Crippen LogP) is 3.70. The van der Waals surface area contributed by atoms with Crippen LogP contribution in [-0.2, 0) is 22.5 Å². The smallest absolute Gasteiger partial charge is 0.220 e. The van der Waals surface area contributed by atoms with E-state index >= 15 is 0 Å². The van der Waals surface area contributed by atoms with E-state index in [4.69, 9.17) is 9.47 Å². The number of ether oxygens (including phenoxy) is 2. The minimum Gasteiger partial charge on any atom is -0.492 e. The van der Waals surface area contributed by atoms with E-state index in [9.17, 15) is 13.6 Å². The third-order valence-electron chi connectivity index (χ3n) is 5.58. The zero-order chi connectivity index (χ0) is 22.1. The minimum atomic E-state index is -0.625. The van der Waals surface area contributed by atoms with Gasteiger partial charge in [0.15, 0.2) is 0 Å². The molecule has 1 saturated heterocycles. The Kier molecular flexibility index (Phi) is 8.79. The maximum Gasteiger partial charge on any atom is 0.220 e. The Labute approximate surface area is 182 Å². The normalized spacial score (nSPS) is 14.6. The van der Waals surface area contributed by atoms with Crippen molar-refractivity contribution in [3.63, 3.8) is 0 Å². The van der Waals surface area contributed by atoms with Gasteiger partial charge in [0.25, 0.3) is 0 Å². The molecule has 1 fully saturated rings. The Bertz CT molecular complexity index is 836. The van der Waals surface area contributed by atoms with E-state index in [2.05, 4.69) is 17.3 Å². The first kappa shape index (κ1) is 23.2. The SMILES string of the molecule is CN(CCOc1cccc(CNC(=O)CCc2c(F)cccc2F)c1)C1CCOCC1. The molecule has 3 rings (SSSR count). The molecular weight excluding hydrogens is 402 g/mol. The second-order valence-corrected chi connectivity index (χ2v) is 7.80. The second kappa shape index (κ2) is 11.8. The monoisotopic (exact) mass is 432 g/mol. The molecule has 0 saturated carbocycles. The van der Waals surface area contributed by atoms with E-state index in [0.717, 1.165) is 43.9 Å². The number of likely N-dealkylation sites (N-methyl/N-ethyl adjacent to an activating group) is 1. The molecule has 1 aliphatic rings. The topological polar surface area (TPSA) is 50.8 Å².